The van der Waals surface area contributed by atoms with Gasteiger partial charge in [-0.3, -0.25) is 9.98 Å². The van der Waals surface area contributed by atoms with Crippen LogP contribution in [0, 0.1) is 11.3 Å². The van der Waals surface area contributed by atoms with Crippen molar-refractivity contribution < 1.29 is 0 Å². The fourth-order valence-electron chi connectivity index (χ4n) is 0.669. The summed E-state index contributed by atoms with van der Waals surface area (Å²) in [6.07, 6.45) is 4.44. The van der Waals surface area contributed by atoms with E-state index in [1.165, 1.54) is 40.2 Å². The van der Waals surface area contributed by atoms with Gasteiger partial charge in [-0.2, -0.15) is 5.26 Å². The minimum Gasteiger partial charge on any atom is -0.270 e. The van der Waals surface area contributed by atoms with Gasteiger partial charge in [-0.25, -0.2) is 9.97 Å². The zero-order valence-corrected chi connectivity index (χ0v) is 9.83. The van der Waals surface area contributed by atoms with Crippen molar-refractivity contribution in [3.63, 3.8) is 0 Å². The van der Waals surface area contributed by atoms with Gasteiger partial charge in [0.25, 0.3) is 0 Å². The van der Waals surface area contributed by atoms with Gasteiger partial charge in [0.2, 0.25) is 0 Å². The third-order valence-corrected chi connectivity index (χ3v) is 3.46. The molecule has 1 rings (SSSR count). The average molecular weight is 249 g/mol. The second-order valence-electron chi connectivity index (χ2n) is 2.33. The Morgan fingerprint density at radius 1 is 1.44 bits per heavy atom. The van der Waals surface area contributed by atoms with E-state index in [1.54, 1.807) is 0 Å². The Morgan fingerprint density at radius 3 is 2.75 bits per heavy atom. The van der Waals surface area contributed by atoms with Crippen molar-refractivity contribution in [1.82, 2.24) is 9.97 Å². The molecule has 80 valence electrons. The fourth-order valence-corrected chi connectivity index (χ4v) is 2.26. The standard InChI is InChI=1S/C9H7N5S2/c1-11-5-8(12-2)15-16-9-6-13-7(3-10)4-14-9/h4-6H,1-2H2/b8-5+. The first-order valence-corrected chi connectivity index (χ1v) is 6.14. The molecule has 1 heterocycles. The Morgan fingerprint density at radius 2 is 2.25 bits per heavy atom. The third-order valence-electron chi connectivity index (χ3n) is 1.31. The minimum atomic E-state index is 0.291. The second-order valence-corrected chi connectivity index (χ2v) is 4.50. The predicted molar refractivity (Wildman–Crippen MR) is 67.4 cm³/mol. The van der Waals surface area contributed by atoms with E-state index in [1.807, 2.05) is 6.07 Å². The molecule has 5 nitrogen and oxygen atoms in total. The summed E-state index contributed by atoms with van der Waals surface area (Å²) in [5.74, 6) is 0. The molecule has 16 heavy (non-hydrogen) atoms. The summed E-state index contributed by atoms with van der Waals surface area (Å²) in [6.45, 7) is 6.73. The van der Waals surface area contributed by atoms with Crippen molar-refractivity contribution in [2.75, 3.05) is 0 Å². The van der Waals surface area contributed by atoms with Gasteiger partial charge in [0, 0.05) is 0 Å². The average Bonchev–Trinajstić information content (AvgIpc) is 2.35. The highest BCUT2D eigenvalue weighted by Gasteiger charge is 2.00. The maximum Gasteiger partial charge on any atom is 0.158 e. The molecule has 0 fully saturated rings. The lowest BCUT2D eigenvalue weighted by molar-refractivity contribution is 1.04. The number of hydrogen-bond acceptors (Lipinski definition) is 7. The Hall–Kier alpha value is -1.65. The molecular formula is C9H7N5S2. The number of hydrogen-bond donors (Lipinski definition) is 0. The van der Waals surface area contributed by atoms with Crippen molar-refractivity contribution in [3.8, 4) is 6.07 Å². The smallest absolute Gasteiger partial charge is 0.158 e. The zero-order valence-electron chi connectivity index (χ0n) is 8.20. The number of nitriles is 1. The van der Waals surface area contributed by atoms with E-state index in [4.69, 9.17) is 5.26 Å². The Bertz CT molecular complexity index is 446. The molecule has 0 radical (unpaired) electrons. The van der Waals surface area contributed by atoms with Crippen LogP contribution in [0.3, 0.4) is 0 Å². The van der Waals surface area contributed by atoms with Crippen LogP contribution in [0.15, 0.2) is 38.6 Å². The molecule has 0 aliphatic carbocycles. The van der Waals surface area contributed by atoms with E-state index in [0.717, 1.165) is 0 Å². The van der Waals surface area contributed by atoms with E-state index in [9.17, 15) is 0 Å². The number of aromatic nitrogens is 2. The van der Waals surface area contributed by atoms with Gasteiger partial charge >= 0.3 is 0 Å². The lowest BCUT2D eigenvalue weighted by atomic mass is 10.5. The minimum absolute atomic E-state index is 0.291. The Balaban J connectivity index is 2.61. The van der Waals surface area contributed by atoms with Crippen LogP contribution in [-0.2, 0) is 0 Å². The quantitative estimate of drug-likeness (QED) is 0.591. The molecule has 0 bridgehead atoms. The first kappa shape index (κ1) is 12.4. The molecule has 0 saturated carbocycles. The largest absolute Gasteiger partial charge is 0.270 e. The van der Waals surface area contributed by atoms with Crippen LogP contribution in [0.5, 0.6) is 0 Å². The highest BCUT2D eigenvalue weighted by molar-refractivity contribution is 8.78. The summed E-state index contributed by atoms with van der Waals surface area (Å²) in [5, 5.41) is 9.85. The highest BCUT2D eigenvalue weighted by atomic mass is 33.1. The van der Waals surface area contributed by atoms with Crippen molar-refractivity contribution >= 4 is 35.0 Å². The van der Waals surface area contributed by atoms with E-state index < -0.39 is 0 Å². The van der Waals surface area contributed by atoms with Gasteiger partial charge in [0.05, 0.1) is 18.6 Å². The topological polar surface area (TPSA) is 74.3 Å². The van der Waals surface area contributed by atoms with Crippen molar-refractivity contribution in [2.24, 2.45) is 9.98 Å². The summed E-state index contributed by atoms with van der Waals surface area (Å²) in [5.41, 5.74) is 0.291. The van der Waals surface area contributed by atoms with E-state index >= 15 is 0 Å². The molecule has 0 atom stereocenters. The summed E-state index contributed by atoms with van der Waals surface area (Å²) in [4.78, 5) is 15.3. The van der Waals surface area contributed by atoms with E-state index in [2.05, 4.69) is 33.4 Å². The van der Waals surface area contributed by atoms with Crippen LogP contribution in [0.25, 0.3) is 0 Å². The normalized spacial score (nSPS) is 10.6. The van der Waals surface area contributed by atoms with Crippen molar-refractivity contribution in [1.29, 1.82) is 5.26 Å². The van der Waals surface area contributed by atoms with Gasteiger partial charge < -0.3 is 0 Å². The van der Waals surface area contributed by atoms with Crippen molar-refractivity contribution in [2.45, 2.75) is 5.03 Å². The van der Waals surface area contributed by atoms with Crippen LogP contribution in [0.4, 0.5) is 0 Å². The molecule has 0 saturated heterocycles. The number of nitrogens with zero attached hydrogens (tertiary/aromatic N) is 5. The lowest BCUT2D eigenvalue weighted by Gasteiger charge is -1.98. The lowest BCUT2D eigenvalue weighted by Crippen LogP contribution is -1.85. The third kappa shape index (κ3) is 3.84. The first-order chi connectivity index (χ1) is 7.80. The summed E-state index contributed by atoms with van der Waals surface area (Å²) < 4.78 is 0. The van der Waals surface area contributed by atoms with Crippen LogP contribution in [0.2, 0.25) is 0 Å². The SMILES string of the molecule is C=N/C=C(\N=C)SSc1cnc(C#N)cn1. The molecular weight excluding hydrogens is 242 g/mol. The maximum atomic E-state index is 8.54. The van der Waals surface area contributed by atoms with E-state index in [-0.39, 0.29) is 0 Å². The molecule has 0 aliphatic heterocycles. The molecule has 0 unspecified atom stereocenters. The summed E-state index contributed by atoms with van der Waals surface area (Å²) in [7, 11) is 2.70. The van der Waals surface area contributed by atoms with Crippen molar-refractivity contribution in [3.05, 3.63) is 29.3 Å². The fraction of sp³-hybridized carbons (Fsp3) is 0. The van der Waals surface area contributed by atoms with Gasteiger partial charge in [0.15, 0.2) is 5.69 Å². The highest BCUT2D eigenvalue weighted by Crippen LogP contribution is 2.35. The van der Waals surface area contributed by atoms with Gasteiger partial charge in [-0.1, -0.05) is 0 Å². The molecule has 0 aromatic carbocycles. The van der Waals surface area contributed by atoms with Crippen LogP contribution >= 0.6 is 21.6 Å². The van der Waals surface area contributed by atoms with Gasteiger partial charge in [-0.15, -0.1) is 0 Å². The monoisotopic (exact) mass is 249 g/mol. The zero-order chi connectivity index (χ0) is 11.8. The summed E-state index contributed by atoms with van der Waals surface area (Å²) >= 11 is 0. The molecule has 0 spiro atoms. The maximum absolute atomic E-state index is 8.54. The second kappa shape index (κ2) is 6.76. The molecule has 0 amide bonds. The van der Waals surface area contributed by atoms with E-state index in [0.29, 0.717) is 15.7 Å². The molecule has 1 aromatic heterocycles. The molecule has 0 aliphatic rings. The Labute approximate surface area is 101 Å². The van der Waals surface area contributed by atoms with Crippen LogP contribution < -0.4 is 0 Å². The van der Waals surface area contributed by atoms with Crippen LogP contribution in [0.1, 0.15) is 5.69 Å². The molecule has 7 heteroatoms. The number of rotatable bonds is 5. The number of aliphatic imine (C=N–C) groups is 2. The van der Waals surface area contributed by atoms with Crippen LogP contribution in [-0.4, -0.2) is 23.4 Å². The Kier molecular flexibility index (Phi) is 5.25. The predicted octanol–water partition coefficient (Wildman–Crippen LogP) is 2.29. The van der Waals surface area contributed by atoms with Gasteiger partial charge in [0.1, 0.15) is 16.1 Å². The molecule has 1 aromatic rings. The van der Waals surface area contributed by atoms with Gasteiger partial charge in [-0.05, 0) is 35.0 Å². The first-order valence-electron chi connectivity index (χ1n) is 3.99. The molecule has 0 N–H and O–H groups in total. The summed E-state index contributed by atoms with van der Waals surface area (Å²) in [6, 6.07) is 1.90.